The molecule has 0 rings (SSSR count). The lowest BCUT2D eigenvalue weighted by molar-refractivity contribution is 0.0932. The van der Waals surface area contributed by atoms with E-state index in [0.29, 0.717) is 12.8 Å². The van der Waals surface area contributed by atoms with E-state index in [9.17, 15) is 5.11 Å². The molecule has 9 heavy (non-hydrogen) atoms. The number of aliphatic hydroxyl groups is 1. The van der Waals surface area contributed by atoms with Gasteiger partial charge < -0.3 is 5.11 Å². The number of hydrogen-bond acceptors (Lipinski definition) is 1. The van der Waals surface area contributed by atoms with Crippen molar-refractivity contribution in [1.29, 1.82) is 0 Å². The maximum Gasteiger partial charge on any atom is 0.126 e. The summed E-state index contributed by atoms with van der Waals surface area (Å²) >= 11 is 5.12. The average molecular weight is 147 g/mol. The molecule has 0 radical (unpaired) electrons. The second kappa shape index (κ2) is 3.76. The van der Waals surface area contributed by atoms with Crippen LogP contribution in [0.4, 0.5) is 0 Å². The molecule has 0 aromatic heterocycles. The Morgan fingerprint density at radius 3 is 2.00 bits per heavy atom. The molecule has 0 atom stereocenters. The Bertz CT molecular complexity index is 128. The number of hydrogen-bond donors (Lipinski definition) is 1. The topological polar surface area (TPSA) is 20.2 Å². The summed E-state index contributed by atoms with van der Waals surface area (Å²) in [5.41, 5.74) is -0.859. The molecule has 52 valence electrons. The molecule has 0 spiro atoms. The third kappa shape index (κ3) is 2.74. The lowest BCUT2D eigenvalue weighted by atomic mass is 9.99. The maximum absolute atomic E-state index is 9.37. The zero-order valence-electron chi connectivity index (χ0n) is 5.74. The molecule has 1 nitrogen and oxygen atoms in total. The minimum Gasteiger partial charge on any atom is -0.378 e. The van der Waals surface area contributed by atoms with Gasteiger partial charge in [-0.3, -0.25) is 0 Å². The van der Waals surface area contributed by atoms with E-state index in [2.05, 4.69) is 11.3 Å². The molecule has 1 N–H and O–H groups in total. The van der Waals surface area contributed by atoms with Crippen LogP contribution in [0.1, 0.15) is 26.7 Å². The lowest BCUT2D eigenvalue weighted by Gasteiger charge is -2.16. The van der Waals surface area contributed by atoms with Crippen LogP contribution in [0.3, 0.4) is 0 Å². The standard InChI is InChI=1S/C7H11ClO/c1-3-7(9,4-2)5-6-8/h9H,3-4H2,1-2H3. The van der Waals surface area contributed by atoms with Gasteiger partial charge in [0, 0.05) is 5.38 Å². The van der Waals surface area contributed by atoms with Gasteiger partial charge in [-0.25, -0.2) is 0 Å². The molecule has 0 amide bonds. The minimum atomic E-state index is -0.859. The first-order valence-electron chi connectivity index (χ1n) is 3.03. The van der Waals surface area contributed by atoms with E-state index in [0.717, 1.165) is 0 Å². The first kappa shape index (κ1) is 8.81. The second-order valence-electron chi connectivity index (χ2n) is 1.96. The van der Waals surface area contributed by atoms with Crippen molar-refractivity contribution >= 4 is 11.6 Å². The largest absolute Gasteiger partial charge is 0.378 e. The van der Waals surface area contributed by atoms with Crippen LogP contribution in [0.25, 0.3) is 0 Å². The van der Waals surface area contributed by atoms with Crippen LogP contribution in [-0.2, 0) is 0 Å². The van der Waals surface area contributed by atoms with Crippen LogP contribution in [0.15, 0.2) is 0 Å². The third-order valence-electron chi connectivity index (χ3n) is 1.45. The van der Waals surface area contributed by atoms with Gasteiger partial charge in [0.25, 0.3) is 0 Å². The molecule has 0 fully saturated rings. The molecule has 0 heterocycles. The van der Waals surface area contributed by atoms with Crippen molar-refractivity contribution < 1.29 is 5.11 Å². The first-order chi connectivity index (χ1) is 4.18. The summed E-state index contributed by atoms with van der Waals surface area (Å²) in [5.74, 6) is 2.53. The molecule has 0 aliphatic heterocycles. The van der Waals surface area contributed by atoms with Gasteiger partial charge in [-0.05, 0) is 24.4 Å². The molecule has 0 saturated carbocycles. The predicted octanol–water partition coefficient (Wildman–Crippen LogP) is 1.74. The molecule has 0 aromatic rings. The minimum absolute atomic E-state index is 0.628. The van der Waals surface area contributed by atoms with E-state index in [4.69, 9.17) is 11.6 Å². The van der Waals surface area contributed by atoms with Gasteiger partial charge in [0.05, 0.1) is 0 Å². The predicted molar refractivity (Wildman–Crippen MR) is 39.2 cm³/mol. The Morgan fingerprint density at radius 2 is 1.89 bits per heavy atom. The quantitative estimate of drug-likeness (QED) is 0.589. The highest BCUT2D eigenvalue weighted by Gasteiger charge is 2.17. The summed E-state index contributed by atoms with van der Waals surface area (Å²) in [6.07, 6.45) is 1.26. The van der Waals surface area contributed by atoms with Gasteiger partial charge in [-0.2, -0.15) is 0 Å². The normalized spacial score (nSPS) is 10.2. The fourth-order valence-corrected chi connectivity index (χ4v) is 0.691. The molecular formula is C7H11ClO. The van der Waals surface area contributed by atoms with E-state index in [-0.39, 0.29) is 0 Å². The lowest BCUT2D eigenvalue weighted by Crippen LogP contribution is -2.23. The van der Waals surface area contributed by atoms with E-state index in [1.165, 1.54) is 0 Å². The number of rotatable bonds is 2. The van der Waals surface area contributed by atoms with E-state index in [1.807, 2.05) is 13.8 Å². The average Bonchev–Trinajstić information content (AvgIpc) is 1.89. The van der Waals surface area contributed by atoms with Gasteiger partial charge in [0.2, 0.25) is 0 Å². The maximum atomic E-state index is 9.37. The first-order valence-corrected chi connectivity index (χ1v) is 3.41. The summed E-state index contributed by atoms with van der Waals surface area (Å²) in [5, 5.41) is 11.6. The van der Waals surface area contributed by atoms with E-state index >= 15 is 0 Å². The van der Waals surface area contributed by atoms with Crippen molar-refractivity contribution in [2.75, 3.05) is 0 Å². The van der Waals surface area contributed by atoms with Crippen molar-refractivity contribution in [2.24, 2.45) is 0 Å². The SMILES string of the molecule is CCC(O)(C#CCl)CC. The fraction of sp³-hybridized carbons (Fsp3) is 0.714. The fourth-order valence-electron chi connectivity index (χ4n) is 0.515. The summed E-state index contributed by atoms with van der Waals surface area (Å²) in [6, 6.07) is 0. The molecular weight excluding hydrogens is 136 g/mol. The molecule has 0 bridgehead atoms. The van der Waals surface area contributed by atoms with Crippen molar-refractivity contribution in [3.05, 3.63) is 0 Å². The van der Waals surface area contributed by atoms with Crippen LogP contribution >= 0.6 is 11.6 Å². The van der Waals surface area contributed by atoms with Gasteiger partial charge in [0.15, 0.2) is 0 Å². The summed E-state index contributed by atoms with van der Waals surface area (Å²) in [7, 11) is 0. The van der Waals surface area contributed by atoms with Crippen molar-refractivity contribution in [1.82, 2.24) is 0 Å². The Hall–Kier alpha value is -0.190. The van der Waals surface area contributed by atoms with Gasteiger partial charge in [-0.1, -0.05) is 19.8 Å². The second-order valence-corrected chi connectivity index (χ2v) is 2.15. The highest BCUT2D eigenvalue weighted by atomic mass is 35.5. The third-order valence-corrected chi connectivity index (χ3v) is 1.54. The van der Waals surface area contributed by atoms with Crippen molar-refractivity contribution in [3.63, 3.8) is 0 Å². The van der Waals surface area contributed by atoms with Crippen LogP contribution in [-0.4, -0.2) is 10.7 Å². The summed E-state index contributed by atoms with van der Waals surface area (Å²) < 4.78 is 0. The molecule has 0 aliphatic rings. The van der Waals surface area contributed by atoms with Crippen LogP contribution < -0.4 is 0 Å². The zero-order chi connectivity index (χ0) is 7.33. The Morgan fingerprint density at radius 1 is 1.44 bits per heavy atom. The van der Waals surface area contributed by atoms with E-state index in [1.54, 1.807) is 0 Å². The van der Waals surface area contributed by atoms with Crippen molar-refractivity contribution in [2.45, 2.75) is 32.3 Å². The molecule has 0 unspecified atom stereocenters. The molecule has 0 saturated heterocycles. The van der Waals surface area contributed by atoms with Crippen LogP contribution in [0, 0.1) is 11.3 Å². The highest BCUT2D eigenvalue weighted by molar-refractivity contribution is 6.30. The van der Waals surface area contributed by atoms with Gasteiger partial charge >= 0.3 is 0 Å². The monoisotopic (exact) mass is 146 g/mol. The molecule has 2 heteroatoms. The summed E-state index contributed by atoms with van der Waals surface area (Å²) in [6.45, 7) is 3.76. The molecule has 0 aromatic carbocycles. The molecule has 0 aliphatic carbocycles. The Kier molecular flexibility index (Phi) is 3.68. The van der Waals surface area contributed by atoms with Crippen LogP contribution in [0.2, 0.25) is 0 Å². The van der Waals surface area contributed by atoms with E-state index < -0.39 is 5.60 Å². The van der Waals surface area contributed by atoms with Crippen molar-refractivity contribution in [3.8, 4) is 11.3 Å². The van der Waals surface area contributed by atoms with Gasteiger partial charge in [-0.15, -0.1) is 0 Å². The Labute approximate surface area is 61.0 Å². The van der Waals surface area contributed by atoms with Crippen LogP contribution in [0.5, 0.6) is 0 Å². The number of halogens is 1. The highest BCUT2D eigenvalue weighted by Crippen LogP contribution is 2.12. The zero-order valence-corrected chi connectivity index (χ0v) is 6.50. The Balaban J connectivity index is 4.03. The summed E-state index contributed by atoms with van der Waals surface area (Å²) in [4.78, 5) is 0. The smallest absolute Gasteiger partial charge is 0.126 e. The van der Waals surface area contributed by atoms with Gasteiger partial charge in [0.1, 0.15) is 5.60 Å².